The number of aromatic nitrogens is 2. The van der Waals surface area contributed by atoms with Crippen LogP contribution in [-0.2, 0) is 6.42 Å². The Morgan fingerprint density at radius 3 is 2.60 bits per heavy atom. The Labute approximate surface area is 118 Å². The highest BCUT2D eigenvalue weighted by atomic mass is 16.1. The van der Waals surface area contributed by atoms with Crippen molar-refractivity contribution in [1.82, 2.24) is 15.5 Å². The number of carbonyl (C=O) groups excluding carboxylic acids is 1. The lowest BCUT2D eigenvalue weighted by Crippen LogP contribution is -2.20. The van der Waals surface area contributed by atoms with Gasteiger partial charge in [-0.3, -0.25) is 4.79 Å². The van der Waals surface area contributed by atoms with Gasteiger partial charge >= 0.3 is 0 Å². The minimum Gasteiger partial charge on any atom is -0.368 e. The van der Waals surface area contributed by atoms with Crippen LogP contribution in [0.15, 0.2) is 36.4 Å². The number of amides is 1. The van der Waals surface area contributed by atoms with Gasteiger partial charge in [-0.2, -0.15) is 0 Å². The fourth-order valence-corrected chi connectivity index (χ4v) is 1.89. The number of benzene rings is 1. The Balaban J connectivity index is 1.88. The molecule has 5 nitrogen and oxygen atoms in total. The van der Waals surface area contributed by atoms with Gasteiger partial charge in [-0.15, -0.1) is 10.2 Å². The lowest BCUT2D eigenvalue weighted by atomic mass is 10.1. The van der Waals surface area contributed by atoms with Gasteiger partial charge in [-0.05, 0) is 36.6 Å². The van der Waals surface area contributed by atoms with E-state index in [1.807, 2.05) is 12.1 Å². The molecule has 0 aliphatic rings. The first-order valence-electron chi connectivity index (χ1n) is 6.55. The number of anilines is 1. The summed E-state index contributed by atoms with van der Waals surface area (Å²) in [5.74, 6) is 0.440. The van der Waals surface area contributed by atoms with E-state index in [0.717, 1.165) is 13.0 Å². The van der Waals surface area contributed by atoms with E-state index in [1.165, 1.54) is 11.1 Å². The minimum atomic E-state index is -0.232. The number of hydrogen-bond donors (Lipinski definition) is 2. The van der Waals surface area contributed by atoms with Crippen LogP contribution < -0.4 is 10.6 Å². The first-order chi connectivity index (χ1) is 9.70. The fourth-order valence-electron chi connectivity index (χ4n) is 1.89. The zero-order valence-corrected chi connectivity index (χ0v) is 11.7. The maximum absolute atomic E-state index is 11.3. The largest absolute Gasteiger partial charge is 0.368 e. The number of rotatable bonds is 5. The molecule has 1 aromatic carbocycles. The fraction of sp³-hybridized carbons (Fsp3) is 0.267. The van der Waals surface area contributed by atoms with Gasteiger partial charge in [0.2, 0.25) is 0 Å². The van der Waals surface area contributed by atoms with Crippen molar-refractivity contribution >= 4 is 11.7 Å². The van der Waals surface area contributed by atoms with E-state index in [4.69, 9.17) is 0 Å². The number of hydrogen-bond acceptors (Lipinski definition) is 4. The van der Waals surface area contributed by atoms with E-state index in [-0.39, 0.29) is 5.91 Å². The summed E-state index contributed by atoms with van der Waals surface area (Å²) in [6, 6.07) is 11.7. The topological polar surface area (TPSA) is 66.9 Å². The Hall–Kier alpha value is -2.43. The van der Waals surface area contributed by atoms with E-state index in [9.17, 15) is 4.79 Å². The highest BCUT2D eigenvalue weighted by Crippen LogP contribution is 2.08. The molecule has 0 saturated carbocycles. The van der Waals surface area contributed by atoms with Crippen LogP contribution in [0.2, 0.25) is 0 Å². The standard InChI is InChI=1S/C15H18N4O/c1-11-5-3-4-6-12(11)9-10-17-14-8-7-13(18-19-14)15(20)16-2/h3-8H,9-10H2,1-2H3,(H,16,20)(H,17,19). The van der Waals surface area contributed by atoms with Gasteiger partial charge in [0.25, 0.3) is 5.91 Å². The Morgan fingerprint density at radius 2 is 1.95 bits per heavy atom. The molecule has 1 amide bonds. The van der Waals surface area contributed by atoms with Gasteiger partial charge in [-0.1, -0.05) is 24.3 Å². The van der Waals surface area contributed by atoms with Crippen LogP contribution in [0, 0.1) is 6.92 Å². The van der Waals surface area contributed by atoms with Crippen LogP contribution in [0.4, 0.5) is 5.82 Å². The van der Waals surface area contributed by atoms with Crippen molar-refractivity contribution in [3.8, 4) is 0 Å². The van der Waals surface area contributed by atoms with Crippen molar-refractivity contribution in [3.63, 3.8) is 0 Å². The van der Waals surface area contributed by atoms with Crippen LogP contribution in [0.25, 0.3) is 0 Å². The lowest BCUT2D eigenvalue weighted by molar-refractivity contribution is 0.0957. The molecule has 0 saturated heterocycles. The second-order valence-corrected chi connectivity index (χ2v) is 4.49. The second kappa shape index (κ2) is 6.65. The van der Waals surface area contributed by atoms with Crippen molar-refractivity contribution in [3.05, 3.63) is 53.2 Å². The molecule has 20 heavy (non-hydrogen) atoms. The van der Waals surface area contributed by atoms with Crippen molar-refractivity contribution in [2.24, 2.45) is 0 Å². The SMILES string of the molecule is CNC(=O)c1ccc(NCCc2ccccc2C)nn1. The maximum Gasteiger partial charge on any atom is 0.271 e. The second-order valence-electron chi connectivity index (χ2n) is 4.49. The van der Waals surface area contributed by atoms with Gasteiger partial charge in [0.05, 0.1) is 0 Å². The Bertz CT molecular complexity index is 581. The average Bonchev–Trinajstić information content (AvgIpc) is 2.49. The van der Waals surface area contributed by atoms with Crippen molar-refractivity contribution in [2.75, 3.05) is 18.9 Å². The first-order valence-corrected chi connectivity index (χ1v) is 6.55. The molecule has 0 atom stereocenters. The van der Waals surface area contributed by atoms with Crippen LogP contribution in [-0.4, -0.2) is 29.7 Å². The van der Waals surface area contributed by atoms with Gasteiger partial charge in [0.15, 0.2) is 5.69 Å². The normalized spacial score (nSPS) is 10.1. The molecule has 0 fully saturated rings. The van der Waals surface area contributed by atoms with Gasteiger partial charge in [0.1, 0.15) is 5.82 Å². The molecule has 0 aliphatic carbocycles. The summed E-state index contributed by atoms with van der Waals surface area (Å²) in [5, 5.41) is 13.6. The third-order valence-corrected chi connectivity index (χ3v) is 3.09. The number of nitrogens with one attached hydrogen (secondary N) is 2. The van der Waals surface area contributed by atoms with Crippen molar-refractivity contribution < 1.29 is 4.79 Å². The minimum absolute atomic E-state index is 0.232. The predicted octanol–water partition coefficient (Wildman–Crippen LogP) is 1.80. The predicted molar refractivity (Wildman–Crippen MR) is 78.8 cm³/mol. The smallest absolute Gasteiger partial charge is 0.271 e. The molecule has 1 aromatic heterocycles. The van der Waals surface area contributed by atoms with Gasteiger partial charge in [0, 0.05) is 13.6 Å². The van der Waals surface area contributed by atoms with E-state index in [2.05, 4.69) is 39.9 Å². The molecular formula is C15H18N4O. The van der Waals surface area contributed by atoms with Gasteiger partial charge < -0.3 is 10.6 Å². The molecular weight excluding hydrogens is 252 g/mol. The zero-order valence-electron chi connectivity index (χ0n) is 11.7. The summed E-state index contributed by atoms with van der Waals surface area (Å²) in [7, 11) is 1.57. The quantitative estimate of drug-likeness (QED) is 0.869. The summed E-state index contributed by atoms with van der Waals surface area (Å²) in [4.78, 5) is 11.3. The highest BCUT2D eigenvalue weighted by molar-refractivity contribution is 5.91. The molecule has 1 heterocycles. The molecule has 5 heteroatoms. The van der Waals surface area contributed by atoms with Crippen LogP contribution in [0.1, 0.15) is 21.6 Å². The first kappa shape index (κ1) is 14.0. The van der Waals surface area contributed by atoms with E-state index in [1.54, 1.807) is 19.2 Å². The number of carbonyl (C=O) groups is 1. The molecule has 2 N–H and O–H groups in total. The molecule has 0 radical (unpaired) electrons. The molecule has 104 valence electrons. The molecule has 0 unspecified atom stereocenters. The maximum atomic E-state index is 11.3. The number of aryl methyl sites for hydroxylation is 1. The molecule has 0 spiro atoms. The van der Waals surface area contributed by atoms with Crippen molar-refractivity contribution in [2.45, 2.75) is 13.3 Å². The van der Waals surface area contributed by atoms with Gasteiger partial charge in [-0.25, -0.2) is 0 Å². The molecule has 2 aromatic rings. The summed E-state index contributed by atoms with van der Waals surface area (Å²) in [6.45, 7) is 2.88. The van der Waals surface area contributed by atoms with Crippen LogP contribution in [0.3, 0.4) is 0 Å². The molecule has 0 aliphatic heterocycles. The van der Waals surface area contributed by atoms with Crippen LogP contribution in [0.5, 0.6) is 0 Å². The third-order valence-electron chi connectivity index (χ3n) is 3.09. The lowest BCUT2D eigenvalue weighted by Gasteiger charge is -2.07. The summed E-state index contributed by atoms with van der Waals surface area (Å²) < 4.78 is 0. The summed E-state index contributed by atoms with van der Waals surface area (Å²) >= 11 is 0. The van der Waals surface area contributed by atoms with E-state index < -0.39 is 0 Å². The third kappa shape index (κ3) is 3.54. The zero-order chi connectivity index (χ0) is 14.4. The summed E-state index contributed by atoms with van der Waals surface area (Å²) in [5.41, 5.74) is 2.92. The number of nitrogens with zero attached hydrogens (tertiary/aromatic N) is 2. The average molecular weight is 270 g/mol. The van der Waals surface area contributed by atoms with Crippen molar-refractivity contribution in [1.29, 1.82) is 0 Å². The monoisotopic (exact) mass is 270 g/mol. The van der Waals surface area contributed by atoms with E-state index in [0.29, 0.717) is 11.5 Å². The summed E-state index contributed by atoms with van der Waals surface area (Å²) in [6.07, 6.45) is 0.922. The molecule has 2 rings (SSSR count). The van der Waals surface area contributed by atoms with E-state index >= 15 is 0 Å². The highest BCUT2D eigenvalue weighted by Gasteiger charge is 2.05. The van der Waals surface area contributed by atoms with Crippen LogP contribution >= 0.6 is 0 Å². The Kier molecular flexibility index (Phi) is 4.65. The Morgan fingerprint density at radius 1 is 1.15 bits per heavy atom. The molecule has 0 bridgehead atoms.